The molecule has 1 saturated heterocycles. The monoisotopic (exact) mass is 208 g/mol. The van der Waals surface area contributed by atoms with E-state index in [1.807, 2.05) is 37.3 Å². The predicted molar refractivity (Wildman–Crippen MR) is 56.3 cm³/mol. The van der Waals surface area contributed by atoms with Gasteiger partial charge in [-0.2, -0.15) is 0 Å². The zero-order valence-corrected chi connectivity index (χ0v) is 8.94. The predicted octanol–water partition coefficient (Wildman–Crippen LogP) is 2.27. The maximum atomic E-state index is 5.65. The molecular weight excluding hydrogens is 192 g/mol. The molecule has 1 fully saturated rings. The van der Waals surface area contributed by atoms with Crippen molar-refractivity contribution in [3.63, 3.8) is 0 Å². The van der Waals surface area contributed by atoms with Crippen molar-refractivity contribution in [2.45, 2.75) is 19.3 Å². The summed E-state index contributed by atoms with van der Waals surface area (Å²) in [6.07, 6.45) is 0.918. The molecule has 2 rings (SSSR count). The van der Waals surface area contributed by atoms with Crippen LogP contribution in [0, 0.1) is 0 Å². The van der Waals surface area contributed by atoms with Gasteiger partial charge in [-0.05, 0) is 13.3 Å². The molecule has 0 unspecified atom stereocenters. The van der Waals surface area contributed by atoms with E-state index in [0.717, 1.165) is 12.0 Å². The van der Waals surface area contributed by atoms with Crippen molar-refractivity contribution in [2.75, 3.05) is 19.8 Å². The van der Waals surface area contributed by atoms with Crippen LogP contribution in [0.15, 0.2) is 30.3 Å². The fourth-order valence-electron chi connectivity index (χ4n) is 1.68. The Hall–Kier alpha value is -0.900. The molecule has 0 atom stereocenters. The molecule has 15 heavy (non-hydrogen) atoms. The van der Waals surface area contributed by atoms with Crippen LogP contribution in [0.3, 0.4) is 0 Å². The molecule has 1 heterocycles. The first-order valence-electron chi connectivity index (χ1n) is 5.35. The van der Waals surface area contributed by atoms with Gasteiger partial charge in [0.1, 0.15) is 0 Å². The normalized spacial score (nSPS) is 20.1. The van der Waals surface area contributed by atoms with E-state index < -0.39 is 5.97 Å². The molecule has 0 amide bonds. The first-order valence-corrected chi connectivity index (χ1v) is 5.35. The van der Waals surface area contributed by atoms with E-state index in [0.29, 0.717) is 19.8 Å². The van der Waals surface area contributed by atoms with Crippen LogP contribution >= 0.6 is 0 Å². The molecule has 0 aliphatic carbocycles. The van der Waals surface area contributed by atoms with Crippen molar-refractivity contribution < 1.29 is 14.2 Å². The molecule has 3 nitrogen and oxygen atoms in total. The van der Waals surface area contributed by atoms with Gasteiger partial charge in [0.05, 0.1) is 13.2 Å². The van der Waals surface area contributed by atoms with Crippen molar-refractivity contribution in [1.29, 1.82) is 0 Å². The SMILES string of the molecule is CCOC1(c2ccccc2)OCCCO1. The van der Waals surface area contributed by atoms with Gasteiger partial charge in [-0.15, -0.1) is 0 Å². The van der Waals surface area contributed by atoms with Crippen molar-refractivity contribution >= 4 is 0 Å². The number of hydrogen-bond acceptors (Lipinski definition) is 3. The fraction of sp³-hybridized carbons (Fsp3) is 0.500. The van der Waals surface area contributed by atoms with Crippen molar-refractivity contribution in [2.24, 2.45) is 0 Å². The largest absolute Gasteiger partial charge is 0.324 e. The van der Waals surface area contributed by atoms with Gasteiger partial charge in [0, 0.05) is 12.2 Å². The van der Waals surface area contributed by atoms with Crippen LogP contribution in [0.25, 0.3) is 0 Å². The maximum Gasteiger partial charge on any atom is 0.311 e. The second-order valence-corrected chi connectivity index (χ2v) is 3.41. The van der Waals surface area contributed by atoms with Gasteiger partial charge in [0.15, 0.2) is 0 Å². The maximum absolute atomic E-state index is 5.65. The molecule has 0 spiro atoms. The number of benzene rings is 1. The van der Waals surface area contributed by atoms with Crippen molar-refractivity contribution in [3.05, 3.63) is 35.9 Å². The zero-order valence-electron chi connectivity index (χ0n) is 8.94. The molecule has 1 aromatic carbocycles. The van der Waals surface area contributed by atoms with Crippen LogP contribution in [-0.4, -0.2) is 19.8 Å². The van der Waals surface area contributed by atoms with Crippen LogP contribution in [-0.2, 0) is 20.2 Å². The summed E-state index contributed by atoms with van der Waals surface area (Å²) in [7, 11) is 0. The average molecular weight is 208 g/mol. The Morgan fingerprint density at radius 1 is 1.20 bits per heavy atom. The summed E-state index contributed by atoms with van der Waals surface area (Å²) in [5.74, 6) is -0.978. The summed E-state index contributed by atoms with van der Waals surface area (Å²) >= 11 is 0. The highest BCUT2D eigenvalue weighted by atomic mass is 16.9. The third-order valence-electron chi connectivity index (χ3n) is 2.33. The van der Waals surface area contributed by atoms with Crippen LogP contribution in [0.5, 0.6) is 0 Å². The molecular formula is C12H16O3. The van der Waals surface area contributed by atoms with Crippen LogP contribution in [0.2, 0.25) is 0 Å². The average Bonchev–Trinajstić information content (AvgIpc) is 2.32. The van der Waals surface area contributed by atoms with E-state index in [1.165, 1.54) is 0 Å². The second kappa shape index (κ2) is 4.75. The van der Waals surface area contributed by atoms with Gasteiger partial charge in [-0.25, -0.2) is 0 Å². The van der Waals surface area contributed by atoms with Crippen molar-refractivity contribution in [3.8, 4) is 0 Å². The number of rotatable bonds is 3. The highest BCUT2D eigenvalue weighted by Gasteiger charge is 2.37. The first kappa shape index (κ1) is 10.6. The molecule has 1 aliphatic rings. The summed E-state index contributed by atoms with van der Waals surface area (Å²) in [5.41, 5.74) is 0.923. The lowest BCUT2D eigenvalue weighted by Crippen LogP contribution is -2.40. The third-order valence-corrected chi connectivity index (χ3v) is 2.33. The molecule has 0 saturated carbocycles. The molecule has 0 aromatic heterocycles. The highest BCUT2D eigenvalue weighted by molar-refractivity contribution is 5.18. The Morgan fingerprint density at radius 2 is 1.87 bits per heavy atom. The highest BCUT2D eigenvalue weighted by Crippen LogP contribution is 2.31. The van der Waals surface area contributed by atoms with Crippen LogP contribution in [0.1, 0.15) is 18.9 Å². The topological polar surface area (TPSA) is 27.7 Å². The lowest BCUT2D eigenvalue weighted by Gasteiger charge is -2.36. The molecule has 0 bridgehead atoms. The van der Waals surface area contributed by atoms with Gasteiger partial charge < -0.3 is 14.2 Å². The van der Waals surface area contributed by atoms with Crippen LogP contribution < -0.4 is 0 Å². The quantitative estimate of drug-likeness (QED) is 0.762. The van der Waals surface area contributed by atoms with Crippen LogP contribution in [0.4, 0.5) is 0 Å². The van der Waals surface area contributed by atoms with Gasteiger partial charge in [-0.3, -0.25) is 0 Å². The summed E-state index contributed by atoms with van der Waals surface area (Å²) in [4.78, 5) is 0. The fourth-order valence-corrected chi connectivity index (χ4v) is 1.68. The summed E-state index contributed by atoms with van der Waals surface area (Å²) in [6, 6.07) is 9.79. The Kier molecular flexibility index (Phi) is 3.36. The van der Waals surface area contributed by atoms with E-state index in [1.54, 1.807) is 0 Å². The van der Waals surface area contributed by atoms with E-state index in [4.69, 9.17) is 14.2 Å². The minimum Gasteiger partial charge on any atom is -0.324 e. The van der Waals surface area contributed by atoms with Crippen molar-refractivity contribution in [1.82, 2.24) is 0 Å². The number of ether oxygens (including phenoxy) is 3. The van der Waals surface area contributed by atoms with Gasteiger partial charge in [0.25, 0.3) is 0 Å². The summed E-state index contributed by atoms with van der Waals surface area (Å²) in [5, 5.41) is 0. The summed E-state index contributed by atoms with van der Waals surface area (Å²) in [6.45, 7) is 3.85. The van der Waals surface area contributed by atoms with Gasteiger partial charge >= 0.3 is 5.97 Å². The molecule has 3 heteroatoms. The molecule has 0 radical (unpaired) electrons. The molecule has 82 valence electrons. The van der Waals surface area contributed by atoms with E-state index in [2.05, 4.69) is 0 Å². The minimum absolute atomic E-state index is 0.564. The summed E-state index contributed by atoms with van der Waals surface area (Å²) < 4.78 is 16.9. The smallest absolute Gasteiger partial charge is 0.311 e. The molecule has 0 N–H and O–H groups in total. The standard InChI is InChI=1S/C12H16O3/c1-2-13-12(14-9-6-10-15-12)11-7-4-3-5-8-11/h3-5,7-8H,2,6,9-10H2,1H3. The molecule has 1 aromatic rings. The second-order valence-electron chi connectivity index (χ2n) is 3.41. The van der Waals surface area contributed by atoms with E-state index in [9.17, 15) is 0 Å². The van der Waals surface area contributed by atoms with E-state index in [-0.39, 0.29) is 0 Å². The van der Waals surface area contributed by atoms with Gasteiger partial charge in [0.2, 0.25) is 0 Å². The first-order chi connectivity index (χ1) is 7.37. The number of hydrogen-bond donors (Lipinski definition) is 0. The Bertz CT molecular complexity index is 285. The Morgan fingerprint density at radius 3 is 2.47 bits per heavy atom. The third kappa shape index (κ3) is 2.20. The van der Waals surface area contributed by atoms with E-state index >= 15 is 0 Å². The zero-order chi connectivity index (χ0) is 10.6. The Labute approximate surface area is 90.0 Å². The lowest BCUT2D eigenvalue weighted by atomic mass is 10.2. The Balaban J connectivity index is 2.25. The lowest BCUT2D eigenvalue weighted by molar-refractivity contribution is -0.410. The minimum atomic E-state index is -0.978. The molecule has 1 aliphatic heterocycles. The van der Waals surface area contributed by atoms with Gasteiger partial charge in [-0.1, -0.05) is 30.3 Å².